The minimum atomic E-state index is 0.125. The van der Waals surface area contributed by atoms with Gasteiger partial charge in [0.15, 0.2) is 0 Å². The molecule has 2 aliphatic carbocycles. The highest BCUT2D eigenvalue weighted by Gasteiger charge is 2.33. The Hall–Kier alpha value is -0.940. The van der Waals surface area contributed by atoms with Gasteiger partial charge in [-0.15, -0.1) is 11.3 Å². The minimum absolute atomic E-state index is 0.125. The molecule has 0 bridgehead atoms. The molecule has 2 saturated carbocycles. The standard InChI is InChI=1S/C15H23N3OS/c16-8-14-17-13(10-20-14)15(19)18(9-11-6-7-11)12-4-2-1-3-5-12/h10-12H,1-9,16H2. The molecule has 1 amide bonds. The molecule has 3 rings (SSSR count). The Morgan fingerprint density at radius 1 is 1.30 bits per heavy atom. The second kappa shape index (κ2) is 6.22. The van der Waals surface area contributed by atoms with Crippen LogP contribution in [0, 0.1) is 5.92 Å². The van der Waals surface area contributed by atoms with Crippen molar-refractivity contribution in [1.82, 2.24) is 9.88 Å². The van der Waals surface area contributed by atoms with Crippen molar-refractivity contribution in [3.63, 3.8) is 0 Å². The van der Waals surface area contributed by atoms with Crippen molar-refractivity contribution in [3.8, 4) is 0 Å². The molecule has 0 aliphatic heterocycles. The number of nitrogens with zero attached hydrogens (tertiary/aromatic N) is 2. The predicted octanol–water partition coefficient (Wildman–Crippen LogP) is 2.79. The summed E-state index contributed by atoms with van der Waals surface area (Å²) in [4.78, 5) is 19.3. The summed E-state index contributed by atoms with van der Waals surface area (Å²) in [6.45, 7) is 1.35. The number of nitrogens with two attached hydrogens (primary N) is 1. The van der Waals surface area contributed by atoms with E-state index in [1.807, 2.05) is 5.38 Å². The fourth-order valence-corrected chi connectivity index (χ4v) is 3.67. The third-order valence-electron chi connectivity index (χ3n) is 4.37. The van der Waals surface area contributed by atoms with Gasteiger partial charge in [0.05, 0.1) is 0 Å². The molecule has 0 aromatic carbocycles. The highest BCUT2D eigenvalue weighted by Crippen LogP contribution is 2.33. The van der Waals surface area contributed by atoms with Gasteiger partial charge in [-0.1, -0.05) is 19.3 Å². The quantitative estimate of drug-likeness (QED) is 0.908. The van der Waals surface area contributed by atoms with Crippen LogP contribution in [-0.2, 0) is 6.54 Å². The van der Waals surface area contributed by atoms with Crippen LogP contribution in [0.2, 0.25) is 0 Å². The van der Waals surface area contributed by atoms with Crippen molar-refractivity contribution in [2.24, 2.45) is 11.7 Å². The number of thiazole rings is 1. The van der Waals surface area contributed by atoms with E-state index >= 15 is 0 Å². The van der Waals surface area contributed by atoms with Crippen LogP contribution in [0.1, 0.15) is 60.4 Å². The van der Waals surface area contributed by atoms with E-state index in [4.69, 9.17) is 5.73 Å². The lowest BCUT2D eigenvalue weighted by atomic mass is 9.93. The van der Waals surface area contributed by atoms with Crippen LogP contribution < -0.4 is 5.73 Å². The predicted molar refractivity (Wildman–Crippen MR) is 80.6 cm³/mol. The largest absolute Gasteiger partial charge is 0.334 e. The maximum absolute atomic E-state index is 12.8. The Kier molecular flexibility index (Phi) is 4.36. The van der Waals surface area contributed by atoms with E-state index in [9.17, 15) is 4.79 Å². The highest BCUT2D eigenvalue weighted by atomic mass is 32.1. The van der Waals surface area contributed by atoms with Crippen molar-refractivity contribution in [3.05, 3.63) is 16.1 Å². The molecule has 2 fully saturated rings. The van der Waals surface area contributed by atoms with Crippen LogP contribution in [0.4, 0.5) is 0 Å². The number of hydrogen-bond donors (Lipinski definition) is 1. The summed E-state index contributed by atoms with van der Waals surface area (Å²) in [6, 6.07) is 0.430. The van der Waals surface area contributed by atoms with Crippen molar-refractivity contribution in [2.45, 2.75) is 57.5 Å². The first-order valence-electron chi connectivity index (χ1n) is 7.73. The summed E-state index contributed by atoms with van der Waals surface area (Å²) in [5.41, 5.74) is 6.19. The molecule has 0 unspecified atom stereocenters. The third-order valence-corrected chi connectivity index (χ3v) is 5.24. The van der Waals surface area contributed by atoms with E-state index in [2.05, 4.69) is 9.88 Å². The van der Waals surface area contributed by atoms with Gasteiger partial charge in [-0.25, -0.2) is 4.98 Å². The average molecular weight is 293 g/mol. The first-order chi connectivity index (χ1) is 9.78. The van der Waals surface area contributed by atoms with Crippen molar-refractivity contribution in [1.29, 1.82) is 0 Å². The Bertz CT molecular complexity index is 463. The maximum atomic E-state index is 12.8. The molecule has 0 radical (unpaired) electrons. The molecule has 1 aromatic heterocycles. The monoisotopic (exact) mass is 293 g/mol. The number of carbonyl (C=O) groups is 1. The lowest BCUT2D eigenvalue weighted by Gasteiger charge is -2.34. The van der Waals surface area contributed by atoms with Crippen molar-refractivity contribution >= 4 is 17.2 Å². The zero-order chi connectivity index (χ0) is 13.9. The molecule has 0 saturated heterocycles. The van der Waals surface area contributed by atoms with Crippen LogP contribution in [0.15, 0.2) is 5.38 Å². The number of amides is 1. The SMILES string of the molecule is NCc1nc(C(=O)N(CC2CC2)C2CCCCC2)cs1. The van der Waals surface area contributed by atoms with E-state index in [0.717, 1.165) is 30.3 Å². The Labute approximate surface area is 124 Å². The third kappa shape index (κ3) is 3.20. The molecule has 0 spiro atoms. The second-order valence-corrected chi connectivity index (χ2v) is 6.97. The molecule has 1 aromatic rings. The van der Waals surface area contributed by atoms with Gasteiger partial charge in [0.1, 0.15) is 10.7 Å². The average Bonchev–Trinajstić information content (AvgIpc) is 3.19. The molecule has 1 heterocycles. The first-order valence-corrected chi connectivity index (χ1v) is 8.61. The van der Waals surface area contributed by atoms with Crippen molar-refractivity contribution < 1.29 is 4.79 Å². The Balaban J connectivity index is 1.74. The molecule has 4 nitrogen and oxygen atoms in total. The molecule has 20 heavy (non-hydrogen) atoms. The van der Waals surface area contributed by atoms with Crippen LogP contribution >= 0.6 is 11.3 Å². The summed E-state index contributed by atoms with van der Waals surface area (Å²) in [6.07, 6.45) is 8.70. The summed E-state index contributed by atoms with van der Waals surface area (Å²) >= 11 is 1.49. The molecule has 110 valence electrons. The van der Waals surface area contributed by atoms with Gasteiger partial charge in [0.25, 0.3) is 5.91 Å². The zero-order valence-corrected chi connectivity index (χ0v) is 12.7. The Morgan fingerprint density at radius 3 is 2.65 bits per heavy atom. The van der Waals surface area contributed by atoms with E-state index in [1.165, 1.54) is 43.4 Å². The second-order valence-electron chi connectivity index (χ2n) is 6.02. The molecular weight excluding hydrogens is 270 g/mol. The van der Waals surface area contributed by atoms with Gasteiger partial charge in [-0.05, 0) is 31.6 Å². The molecule has 2 N–H and O–H groups in total. The normalized spacial score (nSPS) is 20.1. The van der Waals surface area contributed by atoms with Gasteiger partial charge in [-0.3, -0.25) is 4.79 Å². The number of rotatable bonds is 5. The Morgan fingerprint density at radius 2 is 2.05 bits per heavy atom. The topological polar surface area (TPSA) is 59.2 Å². The summed E-state index contributed by atoms with van der Waals surface area (Å²) < 4.78 is 0. The van der Waals surface area contributed by atoms with Crippen LogP contribution in [0.5, 0.6) is 0 Å². The fraction of sp³-hybridized carbons (Fsp3) is 0.733. The molecule has 0 atom stereocenters. The van der Waals surface area contributed by atoms with E-state index in [-0.39, 0.29) is 5.91 Å². The molecular formula is C15H23N3OS. The first kappa shape index (κ1) is 14.0. The minimum Gasteiger partial charge on any atom is -0.334 e. The molecule has 5 heteroatoms. The smallest absolute Gasteiger partial charge is 0.273 e. The van der Waals surface area contributed by atoms with Crippen molar-refractivity contribution in [2.75, 3.05) is 6.54 Å². The summed E-state index contributed by atoms with van der Waals surface area (Å²) in [5.74, 6) is 0.855. The van der Waals surface area contributed by atoms with Gasteiger partial charge < -0.3 is 10.6 Å². The number of aromatic nitrogens is 1. The van der Waals surface area contributed by atoms with Gasteiger partial charge in [0, 0.05) is 24.5 Å². The van der Waals surface area contributed by atoms with Crippen LogP contribution in [0.25, 0.3) is 0 Å². The lowest BCUT2D eigenvalue weighted by Crippen LogP contribution is -2.42. The van der Waals surface area contributed by atoms with Crippen LogP contribution in [-0.4, -0.2) is 28.4 Å². The van der Waals surface area contributed by atoms with Gasteiger partial charge >= 0.3 is 0 Å². The number of carbonyl (C=O) groups excluding carboxylic acids is 1. The van der Waals surface area contributed by atoms with E-state index < -0.39 is 0 Å². The summed E-state index contributed by atoms with van der Waals surface area (Å²) in [5, 5.41) is 2.72. The van der Waals surface area contributed by atoms with Crippen LogP contribution in [0.3, 0.4) is 0 Å². The zero-order valence-electron chi connectivity index (χ0n) is 11.9. The van der Waals surface area contributed by atoms with Gasteiger partial charge in [0.2, 0.25) is 0 Å². The fourth-order valence-electron chi connectivity index (χ4n) is 3.02. The summed E-state index contributed by atoms with van der Waals surface area (Å²) in [7, 11) is 0. The lowest BCUT2D eigenvalue weighted by molar-refractivity contribution is 0.0616. The van der Waals surface area contributed by atoms with E-state index in [0.29, 0.717) is 18.3 Å². The molecule has 2 aliphatic rings. The number of hydrogen-bond acceptors (Lipinski definition) is 4. The van der Waals surface area contributed by atoms with E-state index in [1.54, 1.807) is 0 Å². The maximum Gasteiger partial charge on any atom is 0.273 e. The highest BCUT2D eigenvalue weighted by molar-refractivity contribution is 7.09. The van der Waals surface area contributed by atoms with Gasteiger partial charge in [-0.2, -0.15) is 0 Å².